The predicted molar refractivity (Wildman–Crippen MR) is 87.0 cm³/mol. The number of nitrogens with zero attached hydrogens (tertiary/aromatic N) is 3. The zero-order chi connectivity index (χ0) is 16.4. The normalized spacial score (nSPS) is 26.6. The lowest BCUT2D eigenvalue weighted by atomic mass is 9.58. The number of rotatable bonds is 5. The molecule has 6 heteroatoms. The van der Waals surface area contributed by atoms with Crippen molar-refractivity contribution >= 4 is 5.69 Å². The van der Waals surface area contributed by atoms with Crippen LogP contribution in [0.1, 0.15) is 19.3 Å². The molecule has 2 atom stereocenters. The molecule has 1 saturated carbocycles. The number of piperidine rings is 1. The van der Waals surface area contributed by atoms with E-state index < -0.39 is 0 Å². The van der Waals surface area contributed by atoms with Crippen LogP contribution in [-0.2, 0) is 4.74 Å². The van der Waals surface area contributed by atoms with Crippen molar-refractivity contribution in [3.05, 3.63) is 24.3 Å². The fourth-order valence-corrected chi connectivity index (χ4v) is 3.78. The molecule has 1 aliphatic heterocycles. The number of likely N-dealkylation sites (N-methyl/N-ethyl adjacent to an activating group) is 1. The monoisotopic (exact) mass is 323 g/mol. The lowest BCUT2D eigenvalue weighted by Gasteiger charge is -2.57. The molecule has 0 amide bonds. The molecular formula is C17H26FN3O2. The van der Waals surface area contributed by atoms with Crippen LogP contribution in [-0.4, -0.2) is 67.5 Å². The number of aliphatic hydroxyl groups is 1. The van der Waals surface area contributed by atoms with Gasteiger partial charge in [-0.2, -0.15) is 0 Å². The Bertz CT molecular complexity index is 532. The van der Waals surface area contributed by atoms with Crippen molar-refractivity contribution in [3.63, 3.8) is 0 Å². The lowest BCUT2D eigenvalue weighted by Crippen LogP contribution is -2.62. The molecule has 1 aliphatic carbocycles. The largest absolute Gasteiger partial charge is 0.392 e. The number of anilines is 1. The van der Waals surface area contributed by atoms with E-state index in [0.29, 0.717) is 12.3 Å². The minimum absolute atomic E-state index is 0.127. The summed E-state index contributed by atoms with van der Waals surface area (Å²) in [5.74, 6) is -0.281. The summed E-state index contributed by atoms with van der Waals surface area (Å²) in [5.41, 5.74) is 0.459. The Hall–Kier alpha value is -1.24. The zero-order valence-corrected chi connectivity index (χ0v) is 13.9. The van der Waals surface area contributed by atoms with E-state index in [4.69, 9.17) is 4.74 Å². The van der Waals surface area contributed by atoms with E-state index in [1.807, 2.05) is 19.0 Å². The molecule has 2 aliphatic rings. The Morgan fingerprint density at radius 1 is 1.43 bits per heavy atom. The van der Waals surface area contributed by atoms with Crippen molar-refractivity contribution in [2.45, 2.75) is 31.5 Å². The van der Waals surface area contributed by atoms with Crippen molar-refractivity contribution in [1.82, 2.24) is 9.88 Å². The molecule has 0 bridgehead atoms. The molecule has 5 nitrogen and oxygen atoms in total. The highest BCUT2D eigenvalue weighted by Crippen LogP contribution is 2.51. The summed E-state index contributed by atoms with van der Waals surface area (Å²) in [6.45, 7) is 3.06. The highest BCUT2D eigenvalue weighted by atomic mass is 19.1. The number of halogens is 1. The maximum atomic E-state index is 13.9. The van der Waals surface area contributed by atoms with E-state index in [2.05, 4.69) is 9.88 Å². The number of hydrogen-bond acceptors (Lipinski definition) is 5. The van der Waals surface area contributed by atoms with Gasteiger partial charge in [-0.1, -0.05) is 0 Å². The van der Waals surface area contributed by atoms with Gasteiger partial charge in [-0.3, -0.25) is 4.98 Å². The SMILES string of the molecule is CN(C)CCO[C@H]1C[C@@H](O)C12CCN(c1ccncc1F)CC2. The third-order valence-corrected chi connectivity index (χ3v) is 5.39. The molecule has 2 fully saturated rings. The first-order valence-electron chi connectivity index (χ1n) is 8.32. The molecule has 1 N–H and O–H groups in total. The minimum Gasteiger partial charge on any atom is -0.392 e. The quantitative estimate of drug-likeness (QED) is 0.890. The Morgan fingerprint density at radius 3 is 2.78 bits per heavy atom. The van der Waals surface area contributed by atoms with Crippen LogP contribution in [0.2, 0.25) is 0 Å². The van der Waals surface area contributed by atoms with Gasteiger partial charge in [-0.05, 0) is 33.0 Å². The summed E-state index contributed by atoms with van der Waals surface area (Å²) in [7, 11) is 4.05. The molecule has 0 radical (unpaired) electrons. The molecule has 1 aromatic rings. The Kier molecular flexibility index (Phi) is 4.85. The molecular weight excluding hydrogens is 297 g/mol. The van der Waals surface area contributed by atoms with Gasteiger partial charge in [0.2, 0.25) is 0 Å². The summed E-state index contributed by atoms with van der Waals surface area (Å²) in [4.78, 5) is 7.94. The molecule has 2 heterocycles. The number of aromatic nitrogens is 1. The van der Waals surface area contributed by atoms with Crippen LogP contribution in [0.4, 0.5) is 10.1 Å². The molecule has 1 aromatic heterocycles. The minimum atomic E-state index is -0.295. The van der Waals surface area contributed by atoms with Crippen LogP contribution in [0.3, 0.4) is 0 Å². The van der Waals surface area contributed by atoms with Crippen LogP contribution in [0, 0.1) is 11.2 Å². The maximum Gasteiger partial charge on any atom is 0.164 e. The van der Waals surface area contributed by atoms with E-state index in [1.165, 1.54) is 6.20 Å². The topological polar surface area (TPSA) is 48.8 Å². The van der Waals surface area contributed by atoms with E-state index in [-0.39, 0.29) is 23.4 Å². The predicted octanol–water partition coefficient (Wildman–Crippen LogP) is 1.52. The highest BCUT2D eigenvalue weighted by molar-refractivity contribution is 5.46. The van der Waals surface area contributed by atoms with Crippen molar-refractivity contribution in [2.75, 3.05) is 45.2 Å². The van der Waals surface area contributed by atoms with Crippen LogP contribution >= 0.6 is 0 Å². The van der Waals surface area contributed by atoms with Crippen LogP contribution < -0.4 is 4.90 Å². The standard InChI is InChI=1S/C17H26FN3O2/c1-20(2)9-10-23-16-11-15(22)17(16)4-7-21(8-5-17)14-3-6-19-12-13(14)18/h3,6,12,15-16,22H,4-5,7-11H2,1-2H3/t15-,16+/m1/s1. The molecule has 23 heavy (non-hydrogen) atoms. The number of ether oxygens (including phenoxy) is 1. The first-order valence-corrected chi connectivity index (χ1v) is 8.32. The second kappa shape index (κ2) is 6.71. The molecule has 1 saturated heterocycles. The Morgan fingerprint density at radius 2 is 2.17 bits per heavy atom. The van der Waals surface area contributed by atoms with E-state index in [1.54, 1.807) is 12.3 Å². The van der Waals surface area contributed by atoms with Crippen LogP contribution in [0.15, 0.2) is 18.5 Å². The lowest BCUT2D eigenvalue weighted by molar-refractivity contribution is -0.202. The van der Waals surface area contributed by atoms with E-state index >= 15 is 0 Å². The van der Waals surface area contributed by atoms with Crippen molar-refractivity contribution in [2.24, 2.45) is 5.41 Å². The average molecular weight is 323 g/mol. The summed E-state index contributed by atoms with van der Waals surface area (Å²) in [5, 5.41) is 10.3. The second-order valence-electron chi connectivity index (χ2n) is 6.96. The molecule has 128 valence electrons. The van der Waals surface area contributed by atoms with Gasteiger partial charge in [0, 0.05) is 37.7 Å². The molecule has 3 rings (SSSR count). The van der Waals surface area contributed by atoms with E-state index in [9.17, 15) is 9.50 Å². The van der Waals surface area contributed by atoms with Crippen molar-refractivity contribution < 1.29 is 14.2 Å². The number of hydrogen-bond donors (Lipinski definition) is 1. The van der Waals surface area contributed by atoms with Gasteiger partial charge in [0.15, 0.2) is 5.82 Å². The van der Waals surface area contributed by atoms with Crippen molar-refractivity contribution in [3.8, 4) is 0 Å². The first kappa shape index (κ1) is 16.6. The fraction of sp³-hybridized carbons (Fsp3) is 0.706. The van der Waals surface area contributed by atoms with Gasteiger partial charge < -0.3 is 19.6 Å². The molecule has 1 spiro atoms. The van der Waals surface area contributed by atoms with E-state index in [0.717, 1.165) is 38.9 Å². The number of aliphatic hydroxyl groups excluding tert-OH is 1. The second-order valence-corrected chi connectivity index (χ2v) is 6.96. The third kappa shape index (κ3) is 3.20. The maximum absolute atomic E-state index is 13.9. The van der Waals surface area contributed by atoms with Crippen LogP contribution in [0.25, 0.3) is 0 Å². The third-order valence-electron chi connectivity index (χ3n) is 5.39. The molecule has 0 aromatic carbocycles. The summed E-state index contributed by atoms with van der Waals surface area (Å²) < 4.78 is 19.9. The van der Waals surface area contributed by atoms with Crippen LogP contribution in [0.5, 0.6) is 0 Å². The van der Waals surface area contributed by atoms with Crippen molar-refractivity contribution in [1.29, 1.82) is 0 Å². The zero-order valence-electron chi connectivity index (χ0n) is 13.9. The average Bonchev–Trinajstić information content (AvgIpc) is 2.54. The highest BCUT2D eigenvalue weighted by Gasteiger charge is 2.56. The molecule has 0 unspecified atom stereocenters. The van der Waals surface area contributed by atoms with Gasteiger partial charge >= 0.3 is 0 Å². The fourth-order valence-electron chi connectivity index (χ4n) is 3.78. The summed E-state index contributed by atoms with van der Waals surface area (Å²) in [6.07, 6.45) is 5.10. The van der Waals surface area contributed by atoms with Gasteiger partial charge in [0.05, 0.1) is 30.7 Å². The van der Waals surface area contributed by atoms with Gasteiger partial charge in [0.25, 0.3) is 0 Å². The summed E-state index contributed by atoms with van der Waals surface area (Å²) in [6, 6.07) is 1.72. The Balaban J connectivity index is 1.59. The first-order chi connectivity index (χ1) is 11.0. The van der Waals surface area contributed by atoms with Gasteiger partial charge in [-0.25, -0.2) is 4.39 Å². The summed E-state index contributed by atoms with van der Waals surface area (Å²) >= 11 is 0. The smallest absolute Gasteiger partial charge is 0.164 e. The number of pyridine rings is 1. The Labute approximate surface area is 137 Å². The van der Waals surface area contributed by atoms with Gasteiger partial charge in [-0.15, -0.1) is 0 Å². The van der Waals surface area contributed by atoms with Gasteiger partial charge in [0.1, 0.15) is 0 Å².